The van der Waals surface area contributed by atoms with Gasteiger partial charge in [0.05, 0.1) is 5.56 Å². The molecule has 2 rings (SSSR count). The van der Waals surface area contributed by atoms with Crippen LogP contribution in [0, 0.1) is 0 Å². The summed E-state index contributed by atoms with van der Waals surface area (Å²) in [4.78, 5) is 14.4. The van der Waals surface area contributed by atoms with Crippen LogP contribution in [-0.4, -0.2) is 34.4 Å². The highest BCUT2D eigenvalue weighted by Crippen LogP contribution is 2.28. The maximum absolute atomic E-state index is 12.5. The molecule has 3 nitrogen and oxygen atoms in total. The van der Waals surface area contributed by atoms with Gasteiger partial charge in [0.1, 0.15) is 5.75 Å². The number of aromatic hydroxyl groups is 1. The molecule has 1 aliphatic heterocycles. The molecule has 1 atom stereocenters. The number of nitrogens with zero attached hydrogens (tertiary/aromatic N) is 1. The van der Waals surface area contributed by atoms with Crippen LogP contribution in [0.4, 0.5) is 0 Å². The maximum atomic E-state index is 12.5. The Morgan fingerprint density at radius 3 is 3.05 bits per heavy atom. The smallest absolute Gasteiger partial charge is 0.257 e. The van der Waals surface area contributed by atoms with E-state index in [0.29, 0.717) is 11.4 Å². The summed E-state index contributed by atoms with van der Waals surface area (Å²) in [6.07, 6.45) is 3.90. The van der Waals surface area contributed by atoms with E-state index in [0.717, 1.165) is 36.7 Å². The Bertz CT molecular complexity index is 467. The van der Waals surface area contributed by atoms with Crippen molar-refractivity contribution in [3.63, 3.8) is 0 Å². The van der Waals surface area contributed by atoms with E-state index in [1.165, 1.54) is 0 Å². The molecular weight excluding hydrogens is 330 g/mol. The van der Waals surface area contributed by atoms with Gasteiger partial charge >= 0.3 is 0 Å². The van der Waals surface area contributed by atoms with E-state index in [-0.39, 0.29) is 17.7 Å². The summed E-state index contributed by atoms with van der Waals surface area (Å²) in [7, 11) is 0. The summed E-state index contributed by atoms with van der Waals surface area (Å²) in [6.45, 7) is 0.762. The number of amides is 1. The molecule has 1 aromatic carbocycles. The van der Waals surface area contributed by atoms with Crippen LogP contribution in [0.25, 0.3) is 0 Å². The van der Waals surface area contributed by atoms with Gasteiger partial charge in [0, 0.05) is 22.9 Å². The highest BCUT2D eigenvalue weighted by atomic mass is 79.9. The summed E-state index contributed by atoms with van der Waals surface area (Å²) in [6, 6.07) is 5.20. The third kappa shape index (κ3) is 3.42. The number of hydrogen-bond acceptors (Lipinski definition) is 2. The van der Waals surface area contributed by atoms with Gasteiger partial charge in [-0.2, -0.15) is 0 Å². The zero-order valence-electron chi connectivity index (χ0n) is 10.6. The minimum Gasteiger partial charge on any atom is -0.507 e. The van der Waals surface area contributed by atoms with Crippen LogP contribution in [0.15, 0.2) is 22.7 Å². The monoisotopic (exact) mass is 345 g/mol. The zero-order chi connectivity index (χ0) is 13.8. The van der Waals surface area contributed by atoms with Crippen molar-refractivity contribution in [2.45, 2.75) is 31.7 Å². The van der Waals surface area contributed by atoms with Crippen molar-refractivity contribution >= 4 is 33.4 Å². The quantitative estimate of drug-likeness (QED) is 0.843. The summed E-state index contributed by atoms with van der Waals surface area (Å²) in [5.41, 5.74) is 0.368. The lowest BCUT2D eigenvalue weighted by Crippen LogP contribution is -2.35. The molecule has 0 aliphatic carbocycles. The molecule has 1 fully saturated rings. The number of rotatable bonds is 4. The molecule has 1 saturated heterocycles. The summed E-state index contributed by atoms with van der Waals surface area (Å²) in [5.74, 6) is 0.577. The van der Waals surface area contributed by atoms with Crippen molar-refractivity contribution in [3.05, 3.63) is 28.2 Å². The number of hydrogen-bond donors (Lipinski definition) is 1. The third-order valence-electron chi connectivity index (χ3n) is 3.50. The fraction of sp³-hybridized carbons (Fsp3) is 0.500. The highest BCUT2D eigenvalue weighted by Gasteiger charge is 2.30. The Morgan fingerprint density at radius 1 is 1.53 bits per heavy atom. The number of alkyl halides is 1. The molecule has 0 saturated carbocycles. The van der Waals surface area contributed by atoms with Crippen LogP contribution in [-0.2, 0) is 0 Å². The Labute approximate surface area is 126 Å². The SMILES string of the molecule is O=C(c1cc(Br)ccc1O)N1CCCC1CCCCl. The van der Waals surface area contributed by atoms with Gasteiger partial charge in [0.25, 0.3) is 5.91 Å². The summed E-state index contributed by atoms with van der Waals surface area (Å²) >= 11 is 9.05. The van der Waals surface area contributed by atoms with Crippen molar-refractivity contribution in [3.8, 4) is 5.75 Å². The van der Waals surface area contributed by atoms with Gasteiger partial charge in [0.2, 0.25) is 0 Å². The minimum atomic E-state index is -0.0872. The van der Waals surface area contributed by atoms with Gasteiger partial charge < -0.3 is 10.0 Å². The first-order valence-electron chi connectivity index (χ1n) is 6.49. The molecule has 0 radical (unpaired) electrons. The Morgan fingerprint density at radius 2 is 2.32 bits per heavy atom. The molecule has 1 aliphatic rings. The lowest BCUT2D eigenvalue weighted by Gasteiger charge is -2.25. The first kappa shape index (κ1) is 14.7. The lowest BCUT2D eigenvalue weighted by atomic mass is 10.1. The number of carbonyl (C=O) groups excluding carboxylic acids is 1. The van der Waals surface area contributed by atoms with Crippen LogP contribution in [0.5, 0.6) is 5.75 Å². The molecule has 5 heteroatoms. The second-order valence-electron chi connectivity index (χ2n) is 4.79. The maximum Gasteiger partial charge on any atom is 0.257 e. The fourth-order valence-electron chi connectivity index (χ4n) is 2.55. The van der Waals surface area contributed by atoms with Crippen molar-refractivity contribution in [2.75, 3.05) is 12.4 Å². The molecule has 0 bridgehead atoms. The molecule has 19 heavy (non-hydrogen) atoms. The van der Waals surface area contributed by atoms with Gasteiger partial charge in [-0.1, -0.05) is 15.9 Å². The number of phenolic OH excluding ortho intramolecular Hbond substituents is 1. The molecular formula is C14H17BrClNO2. The molecule has 1 unspecified atom stereocenters. The average Bonchev–Trinajstić information content (AvgIpc) is 2.86. The van der Waals surface area contributed by atoms with Gasteiger partial charge in [-0.05, 0) is 43.9 Å². The van der Waals surface area contributed by atoms with Crippen molar-refractivity contribution in [1.29, 1.82) is 0 Å². The second-order valence-corrected chi connectivity index (χ2v) is 6.08. The molecule has 1 aromatic rings. The number of likely N-dealkylation sites (tertiary alicyclic amines) is 1. The Balaban J connectivity index is 2.16. The van der Waals surface area contributed by atoms with Crippen LogP contribution >= 0.6 is 27.5 Å². The van der Waals surface area contributed by atoms with Crippen molar-refractivity contribution < 1.29 is 9.90 Å². The molecule has 1 amide bonds. The largest absolute Gasteiger partial charge is 0.507 e. The van der Waals surface area contributed by atoms with Crippen LogP contribution in [0.2, 0.25) is 0 Å². The van der Waals surface area contributed by atoms with E-state index in [1.807, 2.05) is 4.90 Å². The highest BCUT2D eigenvalue weighted by molar-refractivity contribution is 9.10. The minimum absolute atomic E-state index is 0.0381. The van der Waals surface area contributed by atoms with Crippen LogP contribution in [0.3, 0.4) is 0 Å². The topological polar surface area (TPSA) is 40.5 Å². The third-order valence-corrected chi connectivity index (χ3v) is 4.26. The van der Waals surface area contributed by atoms with Gasteiger partial charge in [-0.15, -0.1) is 11.6 Å². The van der Waals surface area contributed by atoms with E-state index in [4.69, 9.17) is 11.6 Å². The molecule has 1 N–H and O–H groups in total. The number of phenols is 1. The van der Waals surface area contributed by atoms with E-state index in [1.54, 1.807) is 18.2 Å². The van der Waals surface area contributed by atoms with E-state index in [2.05, 4.69) is 15.9 Å². The van der Waals surface area contributed by atoms with E-state index >= 15 is 0 Å². The lowest BCUT2D eigenvalue weighted by molar-refractivity contribution is 0.0727. The number of halogens is 2. The van der Waals surface area contributed by atoms with Crippen LogP contribution < -0.4 is 0 Å². The predicted molar refractivity (Wildman–Crippen MR) is 79.8 cm³/mol. The van der Waals surface area contributed by atoms with Gasteiger partial charge in [-0.25, -0.2) is 0 Å². The second kappa shape index (κ2) is 6.62. The zero-order valence-corrected chi connectivity index (χ0v) is 13.0. The normalized spacial score (nSPS) is 18.8. The van der Waals surface area contributed by atoms with E-state index in [9.17, 15) is 9.90 Å². The van der Waals surface area contributed by atoms with Crippen molar-refractivity contribution in [1.82, 2.24) is 4.90 Å². The van der Waals surface area contributed by atoms with Crippen molar-refractivity contribution in [2.24, 2.45) is 0 Å². The number of benzene rings is 1. The standard InChI is InChI=1S/C14H17BrClNO2/c15-10-5-6-13(18)12(9-10)14(19)17-8-2-4-11(17)3-1-7-16/h5-6,9,11,18H,1-4,7-8H2. The van der Waals surface area contributed by atoms with E-state index < -0.39 is 0 Å². The fourth-order valence-corrected chi connectivity index (χ4v) is 3.07. The molecule has 0 spiro atoms. The summed E-state index contributed by atoms with van der Waals surface area (Å²) < 4.78 is 0.796. The Kier molecular flexibility index (Phi) is 5.11. The van der Waals surface area contributed by atoms with Gasteiger partial charge in [-0.3, -0.25) is 4.79 Å². The first-order valence-corrected chi connectivity index (χ1v) is 7.81. The molecule has 1 heterocycles. The molecule has 104 valence electrons. The first-order chi connectivity index (χ1) is 9.13. The van der Waals surface area contributed by atoms with Gasteiger partial charge in [0.15, 0.2) is 0 Å². The number of carbonyl (C=O) groups is 1. The van der Waals surface area contributed by atoms with Crippen LogP contribution in [0.1, 0.15) is 36.0 Å². The average molecular weight is 347 g/mol. The molecule has 0 aromatic heterocycles. The Hall–Kier alpha value is -0.740. The summed E-state index contributed by atoms with van der Waals surface area (Å²) in [5, 5.41) is 9.84. The predicted octanol–water partition coefficient (Wildman–Crippen LogP) is 3.78.